The highest BCUT2D eigenvalue weighted by atomic mass is 32.2. The lowest BCUT2D eigenvalue weighted by Gasteiger charge is -2.23. The molecule has 0 spiro atoms. The SMILES string of the molecule is C[C@H](OC(=O)C[C@@H]1Sc2ccccc2NC1=O)C(=O)c1c[nH]c2ccccc12. The molecular weight excluding hydrogens is 376 g/mol. The molecule has 1 aliphatic rings. The Morgan fingerprint density at radius 1 is 1.14 bits per heavy atom. The molecule has 0 fully saturated rings. The molecule has 2 aromatic carbocycles. The van der Waals surface area contributed by atoms with Gasteiger partial charge in [0.15, 0.2) is 6.10 Å². The summed E-state index contributed by atoms with van der Waals surface area (Å²) in [5, 5.41) is 3.00. The summed E-state index contributed by atoms with van der Waals surface area (Å²) < 4.78 is 5.33. The number of Topliss-reactive ketones (excluding diaryl/α,β-unsaturated/α-hetero) is 1. The summed E-state index contributed by atoms with van der Waals surface area (Å²) in [6, 6.07) is 14.9. The van der Waals surface area contributed by atoms with Gasteiger partial charge in [0.1, 0.15) is 0 Å². The van der Waals surface area contributed by atoms with Gasteiger partial charge in [-0.15, -0.1) is 11.8 Å². The van der Waals surface area contributed by atoms with Gasteiger partial charge >= 0.3 is 5.97 Å². The van der Waals surface area contributed by atoms with Crippen molar-refractivity contribution in [2.24, 2.45) is 0 Å². The van der Waals surface area contributed by atoms with Gasteiger partial charge in [-0.05, 0) is 25.1 Å². The van der Waals surface area contributed by atoms with Crippen molar-refractivity contribution in [2.75, 3.05) is 5.32 Å². The number of nitrogens with one attached hydrogen (secondary N) is 2. The van der Waals surface area contributed by atoms with E-state index in [9.17, 15) is 14.4 Å². The molecule has 0 aliphatic carbocycles. The molecule has 28 heavy (non-hydrogen) atoms. The zero-order valence-electron chi connectivity index (χ0n) is 15.1. The Balaban J connectivity index is 1.41. The fourth-order valence-electron chi connectivity index (χ4n) is 3.17. The number of thioether (sulfide) groups is 1. The van der Waals surface area contributed by atoms with Crippen molar-refractivity contribution < 1.29 is 19.1 Å². The average molecular weight is 394 g/mol. The lowest BCUT2D eigenvalue weighted by molar-refractivity contribution is -0.147. The second-order valence-electron chi connectivity index (χ2n) is 6.54. The Hall–Kier alpha value is -3.06. The van der Waals surface area contributed by atoms with Gasteiger partial charge in [0.05, 0.1) is 17.4 Å². The molecular formula is C21H18N2O4S. The zero-order valence-corrected chi connectivity index (χ0v) is 15.9. The van der Waals surface area contributed by atoms with Gasteiger partial charge in [0, 0.05) is 27.6 Å². The highest BCUT2D eigenvalue weighted by molar-refractivity contribution is 8.01. The van der Waals surface area contributed by atoms with Crippen LogP contribution >= 0.6 is 11.8 Å². The molecule has 1 amide bonds. The van der Waals surface area contributed by atoms with Gasteiger partial charge in [0.25, 0.3) is 0 Å². The normalized spacial score (nSPS) is 16.9. The Morgan fingerprint density at radius 3 is 2.75 bits per heavy atom. The lowest BCUT2D eigenvalue weighted by atomic mass is 10.1. The third-order valence-electron chi connectivity index (χ3n) is 4.59. The first-order valence-corrected chi connectivity index (χ1v) is 9.77. The smallest absolute Gasteiger partial charge is 0.308 e. The van der Waals surface area contributed by atoms with E-state index in [4.69, 9.17) is 4.74 Å². The molecule has 1 aromatic heterocycles. The van der Waals surface area contributed by atoms with Crippen LogP contribution in [0, 0.1) is 0 Å². The maximum atomic E-state index is 12.7. The average Bonchev–Trinajstić information content (AvgIpc) is 3.12. The molecule has 3 aromatic rings. The Bertz CT molecular complexity index is 1070. The monoisotopic (exact) mass is 394 g/mol. The number of ketones is 1. The van der Waals surface area contributed by atoms with Crippen LogP contribution in [0.1, 0.15) is 23.7 Å². The van der Waals surface area contributed by atoms with Crippen molar-refractivity contribution in [1.29, 1.82) is 0 Å². The number of aromatic amines is 1. The van der Waals surface area contributed by atoms with Crippen LogP contribution in [0.3, 0.4) is 0 Å². The predicted octanol–water partition coefficient (Wildman–Crippen LogP) is 3.79. The molecule has 0 saturated carbocycles. The number of para-hydroxylation sites is 2. The summed E-state index contributed by atoms with van der Waals surface area (Å²) in [6.07, 6.45) is 0.588. The predicted molar refractivity (Wildman–Crippen MR) is 108 cm³/mol. The van der Waals surface area contributed by atoms with Crippen molar-refractivity contribution in [2.45, 2.75) is 29.6 Å². The number of hydrogen-bond donors (Lipinski definition) is 2. The van der Waals surface area contributed by atoms with E-state index in [-0.39, 0.29) is 18.1 Å². The molecule has 0 radical (unpaired) electrons. The lowest BCUT2D eigenvalue weighted by Crippen LogP contribution is -2.33. The number of hydrogen-bond acceptors (Lipinski definition) is 5. The molecule has 0 unspecified atom stereocenters. The maximum absolute atomic E-state index is 12.7. The van der Waals surface area contributed by atoms with E-state index >= 15 is 0 Å². The first-order chi connectivity index (χ1) is 13.5. The van der Waals surface area contributed by atoms with Crippen LogP contribution in [0.2, 0.25) is 0 Å². The fourth-order valence-corrected chi connectivity index (χ4v) is 4.27. The summed E-state index contributed by atoms with van der Waals surface area (Å²) in [7, 11) is 0. The largest absolute Gasteiger partial charge is 0.454 e. The minimum Gasteiger partial charge on any atom is -0.454 e. The van der Waals surface area contributed by atoms with E-state index < -0.39 is 17.3 Å². The third-order valence-corrected chi connectivity index (χ3v) is 5.87. The van der Waals surface area contributed by atoms with Crippen molar-refractivity contribution in [3.8, 4) is 0 Å². The second-order valence-corrected chi connectivity index (χ2v) is 7.78. The highest BCUT2D eigenvalue weighted by Gasteiger charge is 2.31. The number of rotatable bonds is 5. The molecule has 2 atom stereocenters. The molecule has 0 bridgehead atoms. The van der Waals surface area contributed by atoms with Crippen LogP contribution in [0.25, 0.3) is 10.9 Å². The number of ether oxygens (including phenoxy) is 1. The summed E-state index contributed by atoms with van der Waals surface area (Å²) in [5.74, 6) is -1.10. The topological polar surface area (TPSA) is 88.3 Å². The van der Waals surface area contributed by atoms with Crippen LogP contribution in [-0.4, -0.2) is 34.0 Å². The number of aromatic nitrogens is 1. The summed E-state index contributed by atoms with van der Waals surface area (Å²) in [4.78, 5) is 41.2. The number of benzene rings is 2. The van der Waals surface area contributed by atoms with Crippen molar-refractivity contribution in [3.05, 3.63) is 60.3 Å². The fraction of sp³-hybridized carbons (Fsp3) is 0.190. The van der Waals surface area contributed by atoms with Crippen LogP contribution in [0.5, 0.6) is 0 Å². The molecule has 2 heterocycles. The number of H-pyrrole nitrogens is 1. The Labute approximate surface area is 165 Å². The number of anilines is 1. The van der Waals surface area contributed by atoms with Gasteiger partial charge in [-0.1, -0.05) is 30.3 Å². The van der Waals surface area contributed by atoms with E-state index in [1.165, 1.54) is 11.8 Å². The standard InChI is InChI=1S/C21H18N2O4S/c1-12(20(25)14-11-22-15-7-3-2-6-13(14)15)27-19(24)10-18-21(26)23-16-8-4-5-9-17(16)28-18/h2-9,11-12,18,22H,10H2,1H3,(H,23,26)/t12-,18-/m0/s1. The number of esters is 1. The minimum absolute atomic E-state index is 0.101. The minimum atomic E-state index is -0.935. The van der Waals surface area contributed by atoms with Crippen molar-refractivity contribution in [3.63, 3.8) is 0 Å². The molecule has 2 N–H and O–H groups in total. The number of amides is 1. The molecule has 6 nitrogen and oxygen atoms in total. The Morgan fingerprint density at radius 2 is 1.89 bits per heavy atom. The van der Waals surface area contributed by atoms with Gasteiger partial charge < -0.3 is 15.0 Å². The summed E-state index contributed by atoms with van der Waals surface area (Å²) in [5.41, 5.74) is 2.07. The van der Waals surface area contributed by atoms with E-state index in [0.717, 1.165) is 21.5 Å². The highest BCUT2D eigenvalue weighted by Crippen LogP contribution is 2.36. The van der Waals surface area contributed by atoms with Crippen LogP contribution < -0.4 is 5.32 Å². The molecule has 1 aliphatic heterocycles. The molecule has 4 rings (SSSR count). The van der Waals surface area contributed by atoms with Gasteiger partial charge in [-0.3, -0.25) is 14.4 Å². The van der Waals surface area contributed by atoms with E-state index in [1.54, 1.807) is 13.1 Å². The van der Waals surface area contributed by atoms with Crippen LogP contribution in [0.15, 0.2) is 59.6 Å². The van der Waals surface area contributed by atoms with Gasteiger partial charge in [-0.25, -0.2) is 0 Å². The molecule has 0 saturated heterocycles. The van der Waals surface area contributed by atoms with Crippen LogP contribution in [-0.2, 0) is 14.3 Å². The van der Waals surface area contributed by atoms with Gasteiger partial charge in [-0.2, -0.15) is 0 Å². The number of carbonyl (C=O) groups excluding carboxylic acids is 3. The van der Waals surface area contributed by atoms with E-state index in [0.29, 0.717) is 5.56 Å². The summed E-state index contributed by atoms with van der Waals surface area (Å²) in [6.45, 7) is 1.55. The van der Waals surface area contributed by atoms with Gasteiger partial charge in [0.2, 0.25) is 11.7 Å². The second kappa shape index (κ2) is 7.52. The molecule has 142 valence electrons. The zero-order chi connectivity index (χ0) is 19.7. The third kappa shape index (κ3) is 3.53. The molecule has 7 heteroatoms. The van der Waals surface area contributed by atoms with Crippen molar-refractivity contribution in [1.82, 2.24) is 4.98 Å². The maximum Gasteiger partial charge on any atom is 0.308 e. The van der Waals surface area contributed by atoms with Crippen LogP contribution in [0.4, 0.5) is 5.69 Å². The summed E-state index contributed by atoms with van der Waals surface area (Å²) >= 11 is 1.33. The van der Waals surface area contributed by atoms with Crippen molar-refractivity contribution >= 4 is 46.0 Å². The van der Waals surface area contributed by atoms with E-state index in [2.05, 4.69) is 10.3 Å². The first kappa shape index (κ1) is 18.3. The Kier molecular flexibility index (Phi) is 4.92. The number of carbonyl (C=O) groups is 3. The number of fused-ring (bicyclic) bond motifs is 2. The van der Waals surface area contributed by atoms with E-state index in [1.807, 2.05) is 48.5 Å². The quantitative estimate of drug-likeness (QED) is 0.508. The first-order valence-electron chi connectivity index (χ1n) is 8.89.